The Kier molecular flexibility index (Phi) is 8.69. The highest BCUT2D eigenvalue weighted by Gasteiger charge is 2.15. The van der Waals surface area contributed by atoms with E-state index in [-0.39, 0.29) is 6.09 Å². The molecular formula is C33H40N6O2. The summed E-state index contributed by atoms with van der Waals surface area (Å²) in [5.74, 6) is 1.97. The molecule has 0 aliphatic heterocycles. The maximum Gasteiger partial charge on any atom is 0.407 e. The number of nitrogens with two attached hydrogens (primary N) is 1. The Morgan fingerprint density at radius 3 is 2.32 bits per heavy atom. The second kappa shape index (κ2) is 12.6. The number of ether oxygens (including phenoxy) is 1. The van der Waals surface area contributed by atoms with Gasteiger partial charge in [0.15, 0.2) is 0 Å². The van der Waals surface area contributed by atoms with Crippen LogP contribution in [0.2, 0.25) is 0 Å². The molecule has 8 nitrogen and oxygen atoms in total. The minimum Gasteiger partial charge on any atom is -0.444 e. The first-order valence-electron chi connectivity index (χ1n) is 14.5. The van der Waals surface area contributed by atoms with E-state index in [9.17, 15) is 4.79 Å². The number of carbonyl (C=O) groups excluding carboxylic acids is 1. The number of hydrogen-bond acceptors (Lipinski definition) is 5. The van der Waals surface area contributed by atoms with E-state index in [1.165, 1.54) is 21.9 Å². The zero-order chi connectivity index (χ0) is 28.8. The molecule has 0 bridgehead atoms. The topological polar surface area (TPSA) is 122 Å². The van der Waals surface area contributed by atoms with Gasteiger partial charge in [-0.05, 0) is 99.2 Å². The van der Waals surface area contributed by atoms with Crippen LogP contribution in [-0.2, 0) is 17.6 Å². The number of fused-ring (bicyclic) bond motifs is 2. The minimum absolute atomic E-state index is 0.372. The molecule has 2 aromatic heterocycles. The fourth-order valence-electron chi connectivity index (χ4n) is 4.95. The van der Waals surface area contributed by atoms with Gasteiger partial charge >= 0.3 is 6.09 Å². The number of H-pyrrole nitrogens is 2. The van der Waals surface area contributed by atoms with Gasteiger partial charge in [0.05, 0.1) is 22.9 Å². The van der Waals surface area contributed by atoms with Gasteiger partial charge in [-0.25, -0.2) is 14.8 Å². The van der Waals surface area contributed by atoms with E-state index in [0.717, 1.165) is 79.0 Å². The second-order valence-electron chi connectivity index (χ2n) is 11.6. The van der Waals surface area contributed by atoms with Crippen molar-refractivity contribution in [1.82, 2.24) is 25.3 Å². The Morgan fingerprint density at radius 2 is 1.54 bits per heavy atom. The number of nitrogens with zero attached hydrogens (tertiary/aromatic N) is 2. The van der Waals surface area contributed by atoms with Gasteiger partial charge in [0.1, 0.15) is 17.2 Å². The zero-order valence-electron chi connectivity index (χ0n) is 24.2. The zero-order valence-corrected chi connectivity index (χ0v) is 24.2. The molecule has 41 heavy (non-hydrogen) atoms. The van der Waals surface area contributed by atoms with Crippen LogP contribution < -0.4 is 11.1 Å². The van der Waals surface area contributed by atoms with Gasteiger partial charge in [-0.2, -0.15) is 0 Å². The Labute approximate surface area is 241 Å². The van der Waals surface area contributed by atoms with Crippen molar-refractivity contribution in [2.45, 2.75) is 64.9 Å². The van der Waals surface area contributed by atoms with Crippen LogP contribution in [0.3, 0.4) is 0 Å². The molecule has 0 atom stereocenters. The lowest BCUT2D eigenvalue weighted by molar-refractivity contribution is 0.0527. The number of aromatic nitrogens is 4. The molecule has 0 spiro atoms. The summed E-state index contributed by atoms with van der Waals surface area (Å²) in [6.45, 7) is 6.88. The first kappa shape index (κ1) is 28.4. The summed E-state index contributed by atoms with van der Waals surface area (Å²) in [6.07, 6.45) is 7.11. The van der Waals surface area contributed by atoms with Gasteiger partial charge in [0, 0.05) is 24.9 Å². The van der Waals surface area contributed by atoms with Crippen molar-refractivity contribution in [2.75, 3.05) is 13.1 Å². The van der Waals surface area contributed by atoms with Gasteiger partial charge in [-0.1, -0.05) is 30.3 Å². The number of imidazole rings is 2. The van der Waals surface area contributed by atoms with E-state index in [2.05, 4.69) is 74.9 Å². The van der Waals surface area contributed by atoms with E-state index in [1.807, 2.05) is 27.0 Å². The summed E-state index contributed by atoms with van der Waals surface area (Å²) in [4.78, 5) is 28.0. The average molecular weight is 553 g/mol. The molecule has 5 rings (SSSR count). The fraction of sp³-hybridized carbons (Fsp3) is 0.364. The number of alkyl carbamates (subject to hydrolysis) is 1. The normalized spacial score (nSPS) is 11.8. The Bertz CT molecular complexity index is 1630. The molecule has 0 aliphatic carbocycles. The Hall–Kier alpha value is -4.17. The molecule has 8 heteroatoms. The Morgan fingerprint density at radius 1 is 0.854 bits per heavy atom. The third kappa shape index (κ3) is 7.52. The van der Waals surface area contributed by atoms with Gasteiger partial charge in [0.25, 0.3) is 0 Å². The number of aryl methyl sites for hydroxylation is 2. The van der Waals surface area contributed by atoms with Crippen molar-refractivity contribution in [2.24, 2.45) is 5.73 Å². The van der Waals surface area contributed by atoms with Crippen molar-refractivity contribution in [1.29, 1.82) is 0 Å². The van der Waals surface area contributed by atoms with E-state index in [1.54, 1.807) is 0 Å². The van der Waals surface area contributed by atoms with E-state index < -0.39 is 5.60 Å². The summed E-state index contributed by atoms with van der Waals surface area (Å²) >= 11 is 0. The molecule has 0 radical (unpaired) electrons. The summed E-state index contributed by atoms with van der Waals surface area (Å²) in [6, 6.07) is 19.5. The minimum atomic E-state index is -0.482. The summed E-state index contributed by atoms with van der Waals surface area (Å²) in [5, 5.41) is 5.18. The molecule has 0 saturated heterocycles. The first-order valence-corrected chi connectivity index (χ1v) is 14.5. The maximum atomic E-state index is 11.8. The lowest BCUT2D eigenvalue weighted by Gasteiger charge is -2.19. The molecule has 5 aromatic rings. The van der Waals surface area contributed by atoms with Crippen LogP contribution in [0, 0.1) is 0 Å². The largest absolute Gasteiger partial charge is 0.444 e. The predicted molar refractivity (Wildman–Crippen MR) is 166 cm³/mol. The van der Waals surface area contributed by atoms with Crippen molar-refractivity contribution in [3.8, 4) is 22.4 Å². The Balaban J connectivity index is 1.20. The monoisotopic (exact) mass is 552 g/mol. The summed E-state index contributed by atoms with van der Waals surface area (Å²) in [7, 11) is 0. The maximum absolute atomic E-state index is 11.8. The lowest BCUT2D eigenvalue weighted by atomic mass is 9.99. The van der Waals surface area contributed by atoms with Crippen molar-refractivity contribution in [3.63, 3.8) is 0 Å². The first-order chi connectivity index (χ1) is 19.8. The van der Waals surface area contributed by atoms with Crippen LogP contribution in [0.15, 0.2) is 60.8 Å². The number of rotatable bonds is 11. The van der Waals surface area contributed by atoms with E-state index in [4.69, 9.17) is 15.5 Å². The van der Waals surface area contributed by atoms with Crippen molar-refractivity contribution < 1.29 is 9.53 Å². The number of hydrogen-bond donors (Lipinski definition) is 4. The third-order valence-corrected chi connectivity index (χ3v) is 7.02. The van der Waals surface area contributed by atoms with Gasteiger partial charge < -0.3 is 25.8 Å². The van der Waals surface area contributed by atoms with Gasteiger partial charge in [0.2, 0.25) is 0 Å². The smallest absolute Gasteiger partial charge is 0.407 e. The molecule has 5 N–H and O–H groups in total. The van der Waals surface area contributed by atoms with Gasteiger partial charge in [-0.15, -0.1) is 0 Å². The number of amides is 1. The van der Waals surface area contributed by atoms with E-state index in [0.29, 0.717) is 6.54 Å². The summed E-state index contributed by atoms with van der Waals surface area (Å²) < 4.78 is 5.27. The lowest BCUT2D eigenvalue weighted by Crippen LogP contribution is -2.33. The second-order valence-corrected chi connectivity index (χ2v) is 11.6. The van der Waals surface area contributed by atoms with Crippen LogP contribution in [0.5, 0.6) is 0 Å². The predicted octanol–water partition coefficient (Wildman–Crippen LogP) is 6.90. The third-order valence-electron chi connectivity index (χ3n) is 7.02. The molecule has 2 heterocycles. The van der Waals surface area contributed by atoms with Crippen molar-refractivity contribution >= 4 is 27.9 Å². The molecule has 1 amide bonds. The number of nitrogens with one attached hydrogen (secondary N) is 3. The highest BCUT2D eigenvalue weighted by molar-refractivity contribution is 5.91. The summed E-state index contributed by atoms with van der Waals surface area (Å²) in [5.41, 5.74) is 11.7. The molecule has 3 aromatic carbocycles. The SMILES string of the molecule is CC(C)(C)OC(=O)NCCCCc1ncc(-c2ccc3cc(-c4ccc5nc(CCCCN)[nH]c5c4)ccc3c2)[nH]1. The number of benzene rings is 3. The molecular weight excluding hydrogens is 512 g/mol. The molecule has 214 valence electrons. The van der Waals surface area contributed by atoms with E-state index >= 15 is 0 Å². The molecule has 0 fully saturated rings. The standard InChI is InChI=1S/C33H40N6O2/c1-33(2,3)41-32(40)35-17-7-5-8-30-36-21-29(39-30)26-13-12-22-18-23(10-11-24(22)19-26)25-14-15-27-28(20-25)38-31(37-27)9-4-6-16-34/h10-15,18-21H,4-9,16-17,34H2,1-3H3,(H,35,40)(H,36,39)(H,37,38). The quantitative estimate of drug-likeness (QED) is 0.133. The number of unbranched alkanes of at least 4 members (excludes halogenated alkanes) is 2. The van der Waals surface area contributed by atoms with Gasteiger partial charge in [-0.3, -0.25) is 0 Å². The molecule has 0 unspecified atom stereocenters. The molecule has 0 saturated carbocycles. The average Bonchev–Trinajstić information content (AvgIpc) is 3.58. The highest BCUT2D eigenvalue weighted by Crippen LogP contribution is 2.29. The van der Waals surface area contributed by atoms with Crippen LogP contribution in [0.25, 0.3) is 44.2 Å². The number of carbonyl (C=O) groups is 1. The van der Waals surface area contributed by atoms with Crippen molar-refractivity contribution in [3.05, 3.63) is 72.4 Å². The van der Waals surface area contributed by atoms with Crippen LogP contribution in [0.4, 0.5) is 4.79 Å². The van der Waals surface area contributed by atoms with Crippen LogP contribution in [0.1, 0.15) is 58.1 Å². The number of aromatic amines is 2. The van der Waals surface area contributed by atoms with Crippen LogP contribution in [-0.4, -0.2) is 44.7 Å². The highest BCUT2D eigenvalue weighted by atomic mass is 16.6. The fourth-order valence-corrected chi connectivity index (χ4v) is 4.95. The molecule has 0 aliphatic rings. The van der Waals surface area contributed by atoms with Crippen LogP contribution >= 0.6 is 0 Å².